The number of nitrogens with zero attached hydrogens (tertiary/aromatic N) is 2. The Kier molecular flexibility index (Phi) is 9.41. The molecule has 0 aliphatic heterocycles. The summed E-state index contributed by atoms with van der Waals surface area (Å²) in [5.41, 5.74) is 2.31. The van der Waals surface area contributed by atoms with Crippen molar-refractivity contribution in [2.45, 2.75) is 62.9 Å². The van der Waals surface area contributed by atoms with E-state index in [1.807, 2.05) is 43.3 Å². The Morgan fingerprint density at radius 1 is 0.923 bits per heavy atom. The maximum Gasteiger partial charge on any atom is 0.264 e. The van der Waals surface area contributed by atoms with Gasteiger partial charge >= 0.3 is 0 Å². The average molecular weight is 548 g/mol. The maximum absolute atomic E-state index is 13.9. The number of carbonyl (C=O) groups is 2. The second-order valence-corrected chi connectivity index (χ2v) is 12.0. The van der Waals surface area contributed by atoms with Gasteiger partial charge in [-0.1, -0.05) is 73.5 Å². The van der Waals surface area contributed by atoms with Crippen LogP contribution in [0.2, 0.25) is 0 Å². The van der Waals surface area contributed by atoms with E-state index in [1.165, 1.54) is 17.0 Å². The van der Waals surface area contributed by atoms with E-state index in [4.69, 9.17) is 0 Å². The lowest BCUT2D eigenvalue weighted by atomic mass is 10.1. The molecule has 0 radical (unpaired) electrons. The number of hydrogen-bond acceptors (Lipinski definition) is 4. The van der Waals surface area contributed by atoms with Gasteiger partial charge in [-0.25, -0.2) is 8.42 Å². The molecule has 0 bridgehead atoms. The van der Waals surface area contributed by atoms with Gasteiger partial charge in [0, 0.05) is 12.6 Å². The molecule has 0 heterocycles. The fourth-order valence-corrected chi connectivity index (χ4v) is 6.42. The summed E-state index contributed by atoms with van der Waals surface area (Å²) in [4.78, 5) is 28.8. The molecule has 1 atom stereocenters. The van der Waals surface area contributed by atoms with Crippen LogP contribution in [0.15, 0.2) is 89.8 Å². The first kappa shape index (κ1) is 28.4. The quantitative estimate of drug-likeness (QED) is 0.377. The van der Waals surface area contributed by atoms with E-state index < -0.39 is 28.5 Å². The molecule has 39 heavy (non-hydrogen) atoms. The molecule has 3 aromatic carbocycles. The SMILES string of the molecule is Cc1cccc(N(CC(=O)N(CCc2ccccc2)[C@@H](C)C(=O)NC2CCCC2)S(=O)(=O)c2ccccc2)c1. The number of anilines is 1. The number of nitrogens with one attached hydrogen (secondary N) is 1. The zero-order valence-electron chi connectivity index (χ0n) is 22.6. The van der Waals surface area contributed by atoms with Crippen LogP contribution in [0.4, 0.5) is 5.69 Å². The fourth-order valence-electron chi connectivity index (χ4n) is 4.99. The Balaban J connectivity index is 1.63. The topological polar surface area (TPSA) is 86.8 Å². The van der Waals surface area contributed by atoms with Gasteiger partial charge in [-0.15, -0.1) is 0 Å². The molecule has 3 aromatic rings. The number of rotatable bonds is 11. The van der Waals surface area contributed by atoms with Crippen LogP contribution in [0.3, 0.4) is 0 Å². The monoisotopic (exact) mass is 547 g/mol. The molecule has 4 rings (SSSR count). The van der Waals surface area contributed by atoms with E-state index in [9.17, 15) is 18.0 Å². The molecule has 1 saturated carbocycles. The molecule has 1 aliphatic carbocycles. The molecule has 1 fully saturated rings. The van der Waals surface area contributed by atoms with Gasteiger partial charge in [0.05, 0.1) is 10.6 Å². The van der Waals surface area contributed by atoms with Gasteiger partial charge < -0.3 is 10.2 Å². The Morgan fingerprint density at radius 2 is 1.56 bits per heavy atom. The van der Waals surface area contributed by atoms with Gasteiger partial charge in [0.25, 0.3) is 10.0 Å². The average Bonchev–Trinajstić information content (AvgIpc) is 3.45. The summed E-state index contributed by atoms with van der Waals surface area (Å²) >= 11 is 0. The van der Waals surface area contributed by atoms with Gasteiger partial charge in [-0.3, -0.25) is 13.9 Å². The number of amides is 2. The summed E-state index contributed by atoms with van der Waals surface area (Å²) in [6.07, 6.45) is 4.58. The van der Waals surface area contributed by atoms with Gasteiger partial charge in [-0.05, 0) is 68.5 Å². The summed E-state index contributed by atoms with van der Waals surface area (Å²) in [5.74, 6) is -0.641. The summed E-state index contributed by atoms with van der Waals surface area (Å²) < 4.78 is 28.7. The fraction of sp³-hybridized carbons (Fsp3) is 0.355. The van der Waals surface area contributed by atoms with Crippen LogP contribution in [0.25, 0.3) is 0 Å². The van der Waals surface area contributed by atoms with Crippen molar-refractivity contribution in [3.63, 3.8) is 0 Å². The van der Waals surface area contributed by atoms with Crippen LogP contribution in [0.1, 0.15) is 43.7 Å². The van der Waals surface area contributed by atoms with E-state index in [1.54, 1.807) is 43.3 Å². The highest BCUT2D eigenvalue weighted by molar-refractivity contribution is 7.92. The zero-order chi connectivity index (χ0) is 27.8. The van der Waals surface area contributed by atoms with Gasteiger partial charge in [0.2, 0.25) is 11.8 Å². The number of benzene rings is 3. The minimum absolute atomic E-state index is 0.0992. The number of carbonyl (C=O) groups excluding carboxylic acids is 2. The summed E-state index contributed by atoms with van der Waals surface area (Å²) in [6, 6.07) is 24.3. The van der Waals surface area contributed by atoms with E-state index in [0.717, 1.165) is 41.1 Å². The summed E-state index contributed by atoms with van der Waals surface area (Å²) in [6.45, 7) is 3.46. The number of aryl methyl sites for hydroxylation is 1. The molecular formula is C31H37N3O4S. The third kappa shape index (κ3) is 7.26. The normalized spacial score (nSPS) is 14.5. The standard InChI is InChI=1S/C31H37N3O4S/c1-24-12-11-17-28(22-24)34(39(37,38)29-18-7-4-8-19-29)23-30(35)33(21-20-26-13-5-3-6-14-26)25(2)31(36)32-27-15-9-10-16-27/h3-8,11-14,17-19,22,25,27H,9-10,15-16,20-21,23H2,1-2H3,(H,32,36)/t25-/m0/s1. The highest BCUT2D eigenvalue weighted by atomic mass is 32.2. The van der Waals surface area contributed by atoms with E-state index in [-0.39, 0.29) is 23.4 Å². The van der Waals surface area contributed by atoms with Gasteiger partial charge in [0.1, 0.15) is 12.6 Å². The van der Waals surface area contributed by atoms with Crippen molar-refractivity contribution in [3.8, 4) is 0 Å². The highest BCUT2D eigenvalue weighted by Crippen LogP contribution is 2.25. The minimum atomic E-state index is -4.05. The Hall–Kier alpha value is -3.65. The van der Waals surface area contributed by atoms with Crippen LogP contribution >= 0.6 is 0 Å². The van der Waals surface area contributed by atoms with Crippen LogP contribution in [0.5, 0.6) is 0 Å². The van der Waals surface area contributed by atoms with Crippen molar-refractivity contribution >= 4 is 27.5 Å². The predicted molar refractivity (Wildman–Crippen MR) is 154 cm³/mol. The number of hydrogen-bond donors (Lipinski definition) is 1. The second kappa shape index (κ2) is 12.9. The van der Waals surface area contributed by atoms with Crippen LogP contribution < -0.4 is 9.62 Å². The lowest BCUT2D eigenvalue weighted by molar-refractivity contribution is -0.139. The highest BCUT2D eigenvalue weighted by Gasteiger charge is 2.33. The third-order valence-corrected chi connectivity index (χ3v) is 9.04. The smallest absolute Gasteiger partial charge is 0.264 e. The Labute approximate surface area is 231 Å². The Bertz CT molecular complexity index is 1360. The molecule has 0 aromatic heterocycles. The molecule has 7 nitrogen and oxygen atoms in total. The number of sulfonamides is 1. The largest absolute Gasteiger partial charge is 0.352 e. The Morgan fingerprint density at radius 3 is 2.21 bits per heavy atom. The lowest BCUT2D eigenvalue weighted by Gasteiger charge is -2.32. The first-order valence-electron chi connectivity index (χ1n) is 13.5. The van der Waals surface area contributed by atoms with Crippen molar-refractivity contribution in [3.05, 3.63) is 96.1 Å². The predicted octanol–water partition coefficient (Wildman–Crippen LogP) is 4.71. The molecule has 206 valence electrons. The molecule has 8 heteroatoms. The molecule has 2 amide bonds. The first-order valence-corrected chi connectivity index (χ1v) is 15.0. The lowest BCUT2D eigenvalue weighted by Crippen LogP contribution is -2.53. The second-order valence-electron chi connectivity index (χ2n) is 10.2. The molecule has 1 N–H and O–H groups in total. The summed E-state index contributed by atoms with van der Waals surface area (Å²) in [5, 5.41) is 3.10. The molecule has 0 spiro atoms. The van der Waals surface area contributed by atoms with E-state index in [2.05, 4.69) is 5.32 Å². The van der Waals surface area contributed by atoms with Crippen molar-refractivity contribution < 1.29 is 18.0 Å². The van der Waals surface area contributed by atoms with Crippen molar-refractivity contribution in [2.24, 2.45) is 0 Å². The molecule has 0 saturated heterocycles. The van der Waals surface area contributed by atoms with Crippen molar-refractivity contribution in [1.29, 1.82) is 0 Å². The van der Waals surface area contributed by atoms with E-state index >= 15 is 0 Å². The van der Waals surface area contributed by atoms with Gasteiger partial charge in [0.15, 0.2) is 0 Å². The van der Waals surface area contributed by atoms with Crippen molar-refractivity contribution in [2.75, 3.05) is 17.4 Å². The van der Waals surface area contributed by atoms with Crippen LogP contribution in [0, 0.1) is 6.92 Å². The zero-order valence-corrected chi connectivity index (χ0v) is 23.4. The molecular weight excluding hydrogens is 510 g/mol. The van der Waals surface area contributed by atoms with E-state index in [0.29, 0.717) is 12.1 Å². The first-order chi connectivity index (χ1) is 18.8. The van der Waals surface area contributed by atoms with Crippen LogP contribution in [-0.4, -0.2) is 50.3 Å². The molecule has 0 unspecified atom stereocenters. The molecule has 1 aliphatic rings. The maximum atomic E-state index is 13.9. The van der Waals surface area contributed by atoms with Crippen molar-refractivity contribution in [1.82, 2.24) is 10.2 Å². The minimum Gasteiger partial charge on any atom is -0.352 e. The third-order valence-electron chi connectivity index (χ3n) is 7.25. The van der Waals surface area contributed by atoms with Crippen LogP contribution in [-0.2, 0) is 26.0 Å². The summed E-state index contributed by atoms with van der Waals surface area (Å²) in [7, 11) is -4.05. The van der Waals surface area contributed by atoms with Gasteiger partial charge in [-0.2, -0.15) is 0 Å².